The van der Waals surface area contributed by atoms with Crippen LogP contribution in [0.3, 0.4) is 0 Å². The molecule has 5 nitrogen and oxygen atoms in total. The van der Waals surface area contributed by atoms with Gasteiger partial charge in [0.2, 0.25) is 10.0 Å². The molecule has 0 spiro atoms. The molecule has 1 unspecified atom stereocenters. The summed E-state index contributed by atoms with van der Waals surface area (Å²) >= 11 is 0. The lowest BCUT2D eigenvalue weighted by molar-refractivity contribution is 0.458. The first kappa shape index (κ1) is 14.0. The molecule has 0 aromatic heterocycles. The van der Waals surface area contributed by atoms with E-state index < -0.39 is 10.0 Å². The molecule has 1 aliphatic rings. The first-order valence-corrected chi connectivity index (χ1v) is 7.83. The van der Waals surface area contributed by atoms with Crippen molar-refractivity contribution < 1.29 is 8.42 Å². The molecule has 2 N–H and O–H groups in total. The van der Waals surface area contributed by atoms with Gasteiger partial charge in [0.05, 0.1) is 17.4 Å². The van der Waals surface area contributed by atoms with E-state index in [1.807, 2.05) is 6.07 Å². The number of sulfonamides is 1. The Morgan fingerprint density at radius 2 is 2.16 bits per heavy atom. The van der Waals surface area contributed by atoms with Crippen molar-refractivity contribution in [2.75, 3.05) is 19.6 Å². The zero-order valence-electron chi connectivity index (χ0n) is 10.6. The lowest BCUT2D eigenvalue weighted by Gasteiger charge is -2.16. The molecule has 0 saturated carbocycles. The minimum Gasteiger partial charge on any atom is -0.330 e. The summed E-state index contributed by atoms with van der Waals surface area (Å²) in [7, 11) is -3.36. The third-order valence-corrected chi connectivity index (χ3v) is 5.25. The van der Waals surface area contributed by atoms with Crippen LogP contribution in [-0.2, 0) is 15.8 Å². The summed E-state index contributed by atoms with van der Waals surface area (Å²) in [5.41, 5.74) is 6.55. The lowest BCUT2D eigenvalue weighted by Crippen LogP contribution is -2.31. The molecule has 0 amide bonds. The zero-order valence-corrected chi connectivity index (χ0v) is 11.4. The maximum atomic E-state index is 12.3. The van der Waals surface area contributed by atoms with E-state index >= 15 is 0 Å². The minimum absolute atomic E-state index is 0.117. The number of hydrogen-bond acceptors (Lipinski definition) is 4. The molecule has 0 bridgehead atoms. The van der Waals surface area contributed by atoms with Crippen LogP contribution in [0.4, 0.5) is 0 Å². The SMILES string of the molecule is N#Cc1ccccc1CS(=O)(=O)N1CCC(CN)C1. The molecule has 1 saturated heterocycles. The van der Waals surface area contributed by atoms with Gasteiger partial charge in [0, 0.05) is 13.1 Å². The lowest BCUT2D eigenvalue weighted by atomic mass is 10.1. The second kappa shape index (κ2) is 5.70. The third kappa shape index (κ3) is 3.13. The number of benzene rings is 1. The Balaban J connectivity index is 2.16. The van der Waals surface area contributed by atoms with Gasteiger partial charge in [0.1, 0.15) is 0 Å². The molecule has 102 valence electrons. The molecular formula is C13H17N3O2S. The van der Waals surface area contributed by atoms with E-state index in [9.17, 15) is 8.42 Å². The summed E-state index contributed by atoms with van der Waals surface area (Å²) in [5, 5.41) is 8.99. The second-order valence-corrected chi connectivity index (χ2v) is 6.74. The largest absolute Gasteiger partial charge is 0.330 e. The van der Waals surface area contributed by atoms with Gasteiger partial charge < -0.3 is 5.73 Å². The predicted octanol–water partition coefficient (Wildman–Crippen LogP) is 0.669. The Morgan fingerprint density at radius 3 is 2.79 bits per heavy atom. The highest BCUT2D eigenvalue weighted by molar-refractivity contribution is 7.88. The Hall–Kier alpha value is -1.42. The molecular weight excluding hydrogens is 262 g/mol. The summed E-state index contributed by atoms with van der Waals surface area (Å²) < 4.78 is 26.1. The summed E-state index contributed by atoms with van der Waals surface area (Å²) in [6, 6.07) is 8.83. The summed E-state index contributed by atoms with van der Waals surface area (Å²) in [6.45, 7) is 1.53. The van der Waals surface area contributed by atoms with Gasteiger partial charge in [-0.2, -0.15) is 5.26 Å². The van der Waals surface area contributed by atoms with Crippen molar-refractivity contribution in [3.8, 4) is 6.07 Å². The fourth-order valence-electron chi connectivity index (χ4n) is 2.29. The van der Waals surface area contributed by atoms with Crippen LogP contribution in [0.15, 0.2) is 24.3 Å². The van der Waals surface area contributed by atoms with Crippen molar-refractivity contribution in [3.05, 3.63) is 35.4 Å². The highest BCUT2D eigenvalue weighted by Crippen LogP contribution is 2.22. The first-order chi connectivity index (χ1) is 9.06. The Morgan fingerprint density at radius 1 is 1.42 bits per heavy atom. The second-order valence-electron chi connectivity index (χ2n) is 4.77. The molecule has 6 heteroatoms. The quantitative estimate of drug-likeness (QED) is 0.877. The maximum absolute atomic E-state index is 12.3. The van der Waals surface area contributed by atoms with Crippen LogP contribution in [0.25, 0.3) is 0 Å². The van der Waals surface area contributed by atoms with Gasteiger partial charge >= 0.3 is 0 Å². The van der Waals surface area contributed by atoms with E-state index in [1.54, 1.807) is 24.3 Å². The van der Waals surface area contributed by atoms with Crippen LogP contribution in [-0.4, -0.2) is 32.4 Å². The van der Waals surface area contributed by atoms with E-state index in [0.29, 0.717) is 30.8 Å². The van der Waals surface area contributed by atoms with Crippen molar-refractivity contribution in [2.45, 2.75) is 12.2 Å². The average Bonchev–Trinajstić information content (AvgIpc) is 2.88. The molecule has 0 aliphatic carbocycles. The molecule has 1 aromatic rings. The van der Waals surface area contributed by atoms with Crippen molar-refractivity contribution in [1.82, 2.24) is 4.31 Å². The molecule has 1 heterocycles. The minimum atomic E-state index is -3.36. The zero-order chi connectivity index (χ0) is 13.9. The fraction of sp³-hybridized carbons (Fsp3) is 0.462. The van der Waals surface area contributed by atoms with Crippen molar-refractivity contribution >= 4 is 10.0 Å². The third-order valence-electron chi connectivity index (χ3n) is 3.45. The molecule has 1 aliphatic heterocycles. The van der Waals surface area contributed by atoms with Crippen LogP contribution in [0.5, 0.6) is 0 Å². The maximum Gasteiger partial charge on any atom is 0.218 e. The van der Waals surface area contributed by atoms with Crippen molar-refractivity contribution in [3.63, 3.8) is 0 Å². The van der Waals surface area contributed by atoms with Crippen molar-refractivity contribution in [1.29, 1.82) is 5.26 Å². The van der Waals surface area contributed by atoms with Gasteiger partial charge in [-0.1, -0.05) is 18.2 Å². The standard InChI is InChI=1S/C13H17N3O2S/c14-7-11-5-6-16(9-11)19(17,18)10-13-4-2-1-3-12(13)8-15/h1-4,11H,5-7,9-10,14H2. The van der Waals surface area contributed by atoms with Gasteiger partial charge in [0.25, 0.3) is 0 Å². The van der Waals surface area contributed by atoms with E-state index in [-0.39, 0.29) is 11.7 Å². The molecule has 1 aromatic carbocycles. The number of hydrogen-bond donors (Lipinski definition) is 1. The van der Waals surface area contributed by atoms with Gasteiger partial charge in [-0.05, 0) is 30.5 Å². The molecule has 19 heavy (non-hydrogen) atoms. The number of rotatable bonds is 4. The number of nitrogens with zero attached hydrogens (tertiary/aromatic N) is 2. The first-order valence-electron chi connectivity index (χ1n) is 6.22. The van der Waals surface area contributed by atoms with Gasteiger partial charge in [-0.25, -0.2) is 12.7 Å². The molecule has 1 atom stereocenters. The number of nitriles is 1. The summed E-state index contributed by atoms with van der Waals surface area (Å²) in [6.07, 6.45) is 0.815. The van der Waals surface area contributed by atoms with E-state index in [0.717, 1.165) is 6.42 Å². The topological polar surface area (TPSA) is 87.2 Å². The van der Waals surface area contributed by atoms with Gasteiger partial charge in [0.15, 0.2) is 0 Å². The highest BCUT2D eigenvalue weighted by Gasteiger charge is 2.31. The van der Waals surface area contributed by atoms with Crippen LogP contribution >= 0.6 is 0 Å². The monoisotopic (exact) mass is 279 g/mol. The Labute approximate surface area is 113 Å². The normalized spacial score (nSPS) is 20.3. The van der Waals surface area contributed by atoms with Crippen molar-refractivity contribution in [2.24, 2.45) is 11.7 Å². The van der Waals surface area contributed by atoms with Crippen LogP contribution in [0, 0.1) is 17.2 Å². The van der Waals surface area contributed by atoms with Crippen LogP contribution < -0.4 is 5.73 Å². The number of nitrogens with two attached hydrogens (primary N) is 1. The van der Waals surface area contributed by atoms with Crippen LogP contribution in [0.2, 0.25) is 0 Å². The van der Waals surface area contributed by atoms with Gasteiger partial charge in [-0.3, -0.25) is 0 Å². The molecule has 1 fully saturated rings. The fourth-order valence-corrected chi connectivity index (χ4v) is 3.93. The van der Waals surface area contributed by atoms with Gasteiger partial charge in [-0.15, -0.1) is 0 Å². The van der Waals surface area contributed by atoms with E-state index in [2.05, 4.69) is 0 Å². The summed E-state index contributed by atoms with van der Waals surface area (Å²) in [4.78, 5) is 0. The summed E-state index contributed by atoms with van der Waals surface area (Å²) in [5.74, 6) is 0.134. The predicted molar refractivity (Wildman–Crippen MR) is 72.5 cm³/mol. The van der Waals surface area contributed by atoms with E-state index in [4.69, 9.17) is 11.0 Å². The van der Waals surface area contributed by atoms with Crippen LogP contribution in [0.1, 0.15) is 17.5 Å². The smallest absolute Gasteiger partial charge is 0.218 e. The average molecular weight is 279 g/mol. The Kier molecular flexibility index (Phi) is 4.20. The Bertz CT molecular complexity index is 592. The molecule has 2 rings (SSSR count). The highest BCUT2D eigenvalue weighted by atomic mass is 32.2. The van der Waals surface area contributed by atoms with E-state index in [1.165, 1.54) is 4.31 Å². The molecule has 0 radical (unpaired) electrons.